The number of anilines is 1. The van der Waals surface area contributed by atoms with E-state index in [0.29, 0.717) is 25.1 Å². The first-order valence-corrected chi connectivity index (χ1v) is 7.08. The van der Waals surface area contributed by atoms with Crippen LogP contribution in [0.2, 0.25) is 0 Å². The standard InChI is InChI=1S/C14H20N6O/c1-21-7-12-4-11(19-20-12)6-16-14-5-13(17-8-18-14)9-2-10(15)3-9/h4-5,8-10H,2-3,6-7,15H2,1H3,(H,19,20)(H,16,17,18). The predicted molar refractivity (Wildman–Crippen MR) is 78.6 cm³/mol. The molecule has 0 aromatic carbocycles. The number of ether oxygens (including phenoxy) is 1. The molecule has 0 aliphatic heterocycles. The molecule has 1 fully saturated rings. The number of aromatic nitrogens is 4. The van der Waals surface area contributed by atoms with Crippen LogP contribution in [-0.2, 0) is 17.9 Å². The van der Waals surface area contributed by atoms with Crippen LogP contribution in [0.15, 0.2) is 18.5 Å². The highest BCUT2D eigenvalue weighted by atomic mass is 16.5. The Balaban J connectivity index is 1.58. The average Bonchev–Trinajstić information content (AvgIpc) is 2.90. The van der Waals surface area contributed by atoms with Gasteiger partial charge in [-0.2, -0.15) is 5.10 Å². The van der Waals surface area contributed by atoms with Crippen LogP contribution in [0.3, 0.4) is 0 Å². The van der Waals surface area contributed by atoms with Crippen LogP contribution in [0, 0.1) is 0 Å². The number of nitrogens with zero attached hydrogens (tertiary/aromatic N) is 3. The van der Waals surface area contributed by atoms with Gasteiger partial charge in [-0.15, -0.1) is 0 Å². The van der Waals surface area contributed by atoms with E-state index < -0.39 is 0 Å². The largest absolute Gasteiger partial charge is 0.378 e. The Morgan fingerprint density at radius 2 is 2.24 bits per heavy atom. The van der Waals surface area contributed by atoms with Gasteiger partial charge in [0.05, 0.1) is 24.5 Å². The van der Waals surface area contributed by atoms with Gasteiger partial charge < -0.3 is 15.8 Å². The van der Waals surface area contributed by atoms with Crippen LogP contribution in [-0.4, -0.2) is 33.3 Å². The normalized spacial score (nSPS) is 21.0. The second-order valence-corrected chi connectivity index (χ2v) is 5.43. The molecule has 2 aromatic heterocycles. The molecule has 0 spiro atoms. The summed E-state index contributed by atoms with van der Waals surface area (Å²) in [4.78, 5) is 8.58. The van der Waals surface area contributed by atoms with Gasteiger partial charge in [-0.25, -0.2) is 9.97 Å². The zero-order valence-electron chi connectivity index (χ0n) is 12.0. The molecule has 21 heavy (non-hydrogen) atoms. The van der Waals surface area contributed by atoms with Gasteiger partial charge in [0.15, 0.2) is 0 Å². The van der Waals surface area contributed by atoms with Gasteiger partial charge in [-0.3, -0.25) is 5.10 Å². The van der Waals surface area contributed by atoms with Crippen molar-refractivity contribution in [1.82, 2.24) is 20.2 Å². The SMILES string of the molecule is COCc1cc(CNc2cc(C3CC(N)C3)ncn2)[nH]n1. The van der Waals surface area contributed by atoms with Crippen LogP contribution in [0.5, 0.6) is 0 Å². The summed E-state index contributed by atoms with van der Waals surface area (Å²) in [6.45, 7) is 1.15. The van der Waals surface area contributed by atoms with Crippen LogP contribution in [0.1, 0.15) is 35.8 Å². The van der Waals surface area contributed by atoms with Crippen LogP contribution in [0.4, 0.5) is 5.82 Å². The number of hydrogen-bond acceptors (Lipinski definition) is 6. The summed E-state index contributed by atoms with van der Waals surface area (Å²) in [6, 6.07) is 4.30. The highest BCUT2D eigenvalue weighted by Crippen LogP contribution is 2.34. The minimum Gasteiger partial charge on any atom is -0.378 e. The van der Waals surface area contributed by atoms with E-state index in [1.807, 2.05) is 12.1 Å². The maximum absolute atomic E-state index is 5.83. The molecule has 7 nitrogen and oxygen atoms in total. The number of aromatic amines is 1. The molecule has 0 radical (unpaired) electrons. The molecule has 0 saturated heterocycles. The van der Waals surface area contributed by atoms with Crippen molar-refractivity contribution in [3.05, 3.63) is 35.5 Å². The van der Waals surface area contributed by atoms with Gasteiger partial charge in [0, 0.05) is 30.8 Å². The Bertz CT molecular complexity index is 593. The summed E-state index contributed by atoms with van der Waals surface area (Å²) in [7, 11) is 1.65. The lowest BCUT2D eigenvalue weighted by molar-refractivity contribution is 0.181. The fourth-order valence-corrected chi connectivity index (χ4v) is 2.50. The van der Waals surface area contributed by atoms with E-state index in [1.165, 1.54) is 0 Å². The number of H-pyrrole nitrogens is 1. The average molecular weight is 288 g/mol. The van der Waals surface area contributed by atoms with Crippen LogP contribution in [0.25, 0.3) is 0 Å². The molecular weight excluding hydrogens is 268 g/mol. The Hall–Kier alpha value is -1.99. The molecule has 0 unspecified atom stereocenters. The molecule has 4 N–H and O–H groups in total. The third kappa shape index (κ3) is 3.37. The van der Waals surface area contributed by atoms with Gasteiger partial charge in [0.1, 0.15) is 12.1 Å². The van der Waals surface area contributed by atoms with Crippen molar-refractivity contribution < 1.29 is 4.74 Å². The molecule has 7 heteroatoms. The Morgan fingerprint density at radius 3 is 3.00 bits per heavy atom. The van der Waals surface area contributed by atoms with Gasteiger partial charge in [0.25, 0.3) is 0 Å². The van der Waals surface area contributed by atoms with Crippen molar-refractivity contribution in [1.29, 1.82) is 0 Å². The molecule has 0 amide bonds. The number of hydrogen-bond donors (Lipinski definition) is 3. The topological polar surface area (TPSA) is 102 Å². The highest BCUT2D eigenvalue weighted by molar-refractivity contribution is 5.37. The molecule has 1 aliphatic rings. The van der Waals surface area contributed by atoms with Crippen molar-refractivity contribution in [3.63, 3.8) is 0 Å². The monoisotopic (exact) mass is 288 g/mol. The van der Waals surface area contributed by atoms with E-state index in [-0.39, 0.29) is 0 Å². The lowest BCUT2D eigenvalue weighted by Crippen LogP contribution is -2.35. The molecule has 2 aromatic rings. The van der Waals surface area contributed by atoms with Gasteiger partial charge >= 0.3 is 0 Å². The highest BCUT2D eigenvalue weighted by Gasteiger charge is 2.28. The number of nitrogens with one attached hydrogen (secondary N) is 2. The maximum Gasteiger partial charge on any atom is 0.129 e. The first-order chi connectivity index (χ1) is 10.2. The van der Waals surface area contributed by atoms with Crippen LogP contribution >= 0.6 is 0 Å². The summed E-state index contributed by atoms with van der Waals surface area (Å²) in [6.07, 6.45) is 3.62. The molecule has 3 rings (SSSR count). The quantitative estimate of drug-likeness (QED) is 0.737. The summed E-state index contributed by atoms with van der Waals surface area (Å²) < 4.78 is 5.04. The minimum absolute atomic E-state index is 0.325. The Morgan fingerprint density at radius 1 is 1.38 bits per heavy atom. The van der Waals surface area contributed by atoms with Crippen molar-refractivity contribution in [2.45, 2.75) is 38.0 Å². The number of nitrogens with two attached hydrogens (primary N) is 1. The van der Waals surface area contributed by atoms with E-state index >= 15 is 0 Å². The summed E-state index contributed by atoms with van der Waals surface area (Å²) in [5.41, 5.74) is 8.78. The summed E-state index contributed by atoms with van der Waals surface area (Å²) >= 11 is 0. The lowest BCUT2D eigenvalue weighted by atomic mass is 9.79. The van der Waals surface area contributed by atoms with Crippen molar-refractivity contribution in [2.75, 3.05) is 12.4 Å². The maximum atomic E-state index is 5.83. The zero-order valence-corrected chi connectivity index (χ0v) is 12.0. The number of rotatable bonds is 6. The van der Waals surface area contributed by atoms with E-state index in [0.717, 1.165) is 35.7 Å². The zero-order chi connectivity index (χ0) is 14.7. The Labute approximate surface area is 123 Å². The summed E-state index contributed by atoms with van der Waals surface area (Å²) in [5.74, 6) is 1.30. The minimum atomic E-state index is 0.325. The molecular formula is C14H20N6O. The lowest BCUT2D eigenvalue weighted by Gasteiger charge is -2.31. The molecule has 0 bridgehead atoms. The second kappa shape index (κ2) is 6.19. The first-order valence-electron chi connectivity index (χ1n) is 7.08. The second-order valence-electron chi connectivity index (χ2n) is 5.43. The van der Waals surface area contributed by atoms with E-state index in [4.69, 9.17) is 10.5 Å². The fraction of sp³-hybridized carbons (Fsp3) is 0.500. The predicted octanol–water partition coefficient (Wildman–Crippen LogP) is 1.16. The Kier molecular flexibility index (Phi) is 4.12. The van der Waals surface area contributed by atoms with Crippen molar-refractivity contribution in [3.8, 4) is 0 Å². The van der Waals surface area contributed by atoms with Gasteiger partial charge in [-0.1, -0.05) is 0 Å². The van der Waals surface area contributed by atoms with Gasteiger partial charge in [-0.05, 0) is 18.9 Å². The molecule has 1 aliphatic carbocycles. The van der Waals surface area contributed by atoms with Crippen molar-refractivity contribution in [2.24, 2.45) is 5.73 Å². The van der Waals surface area contributed by atoms with Crippen LogP contribution < -0.4 is 11.1 Å². The molecule has 2 heterocycles. The van der Waals surface area contributed by atoms with E-state index in [2.05, 4.69) is 25.5 Å². The van der Waals surface area contributed by atoms with E-state index in [9.17, 15) is 0 Å². The third-order valence-corrected chi connectivity index (χ3v) is 3.72. The molecule has 112 valence electrons. The number of methoxy groups -OCH3 is 1. The fourth-order valence-electron chi connectivity index (χ4n) is 2.50. The smallest absolute Gasteiger partial charge is 0.129 e. The summed E-state index contributed by atoms with van der Waals surface area (Å²) in [5, 5.41) is 10.4. The molecule has 0 atom stereocenters. The van der Waals surface area contributed by atoms with Gasteiger partial charge in [0.2, 0.25) is 0 Å². The first kappa shape index (κ1) is 14.0. The van der Waals surface area contributed by atoms with E-state index in [1.54, 1.807) is 13.4 Å². The van der Waals surface area contributed by atoms with Crippen molar-refractivity contribution >= 4 is 5.82 Å². The third-order valence-electron chi connectivity index (χ3n) is 3.72. The molecule has 1 saturated carbocycles.